The van der Waals surface area contributed by atoms with E-state index in [9.17, 15) is 9.18 Å². The van der Waals surface area contributed by atoms with E-state index < -0.39 is 5.82 Å². The van der Waals surface area contributed by atoms with Crippen molar-refractivity contribution < 1.29 is 9.18 Å². The zero-order valence-corrected chi connectivity index (χ0v) is 11.8. The van der Waals surface area contributed by atoms with Gasteiger partial charge in [0.15, 0.2) is 0 Å². The van der Waals surface area contributed by atoms with Crippen molar-refractivity contribution in [3.8, 4) is 0 Å². The number of anilines is 2. The first-order chi connectivity index (χ1) is 9.38. The highest BCUT2D eigenvalue weighted by Crippen LogP contribution is 2.19. The molecule has 0 fully saturated rings. The second kappa shape index (κ2) is 5.50. The predicted molar refractivity (Wildman–Crippen MR) is 76.2 cm³/mol. The Morgan fingerprint density at radius 1 is 1.50 bits per heavy atom. The van der Waals surface area contributed by atoms with E-state index in [0.29, 0.717) is 17.1 Å². The van der Waals surface area contributed by atoms with Gasteiger partial charge in [-0.25, -0.2) is 4.39 Å². The predicted octanol–water partition coefficient (Wildman–Crippen LogP) is 2.51. The molecule has 0 aliphatic rings. The van der Waals surface area contributed by atoms with Crippen LogP contribution in [0.3, 0.4) is 0 Å². The van der Waals surface area contributed by atoms with Crippen LogP contribution in [-0.4, -0.2) is 15.7 Å². The molecule has 1 aromatic heterocycles. The molecule has 0 saturated heterocycles. The van der Waals surface area contributed by atoms with Crippen LogP contribution < -0.4 is 11.1 Å². The first kappa shape index (κ1) is 14.3. The summed E-state index contributed by atoms with van der Waals surface area (Å²) in [6.45, 7) is 3.56. The number of nitrogens with one attached hydrogen (secondary N) is 1. The summed E-state index contributed by atoms with van der Waals surface area (Å²) in [6, 6.07) is 4.07. The van der Waals surface area contributed by atoms with Gasteiger partial charge < -0.3 is 11.1 Å². The number of nitrogen functional groups attached to an aromatic ring is 1. The number of nitrogens with two attached hydrogens (primary N) is 1. The number of hydrogen-bond acceptors (Lipinski definition) is 3. The van der Waals surface area contributed by atoms with E-state index in [0.717, 1.165) is 11.8 Å². The number of nitrogens with zero attached hydrogens (tertiary/aromatic N) is 2. The fourth-order valence-corrected chi connectivity index (χ4v) is 1.89. The Hall–Kier alpha value is -2.08. The van der Waals surface area contributed by atoms with E-state index in [1.807, 2.05) is 0 Å². The van der Waals surface area contributed by atoms with Crippen LogP contribution in [0.5, 0.6) is 0 Å². The van der Waals surface area contributed by atoms with Crippen LogP contribution in [0.4, 0.5) is 15.8 Å². The molecule has 0 unspecified atom stereocenters. The molecule has 7 heteroatoms. The quantitative estimate of drug-likeness (QED) is 0.914. The molecular weight excluding hydrogens is 283 g/mol. The van der Waals surface area contributed by atoms with Gasteiger partial charge in [-0.05, 0) is 32.0 Å². The molecule has 1 heterocycles. The average Bonchev–Trinajstić information content (AvgIpc) is 2.61. The van der Waals surface area contributed by atoms with Crippen LogP contribution in [0.1, 0.15) is 11.4 Å². The average molecular weight is 297 g/mol. The van der Waals surface area contributed by atoms with Gasteiger partial charge in [-0.2, -0.15) is 5.10 Å². The van der Waals surface area contributed by atoms with Crippen molar-refractivity contribution in [3.05, 3.63) is 40.4 Å². The summed E-state index contributed by atoms with van der Waals surface area (Å²) < 4.78 is 14.8. The zero-order chi connectivity index (χ0) is 14.9. The standard InChI is InChI=1S/C13H14ClFN4O/c1-7-13(16)8(2)19(18-7)6-12(20)17-9-3-4-10(14)11(15)5-9/h3-5H,6,16H2,1-2H3,(H,17,20). The largest absolute Gasteiger partial charge is 0.396 e. The van der Waals surface area contributed by atoms with Crippen LogP contribution in [0.25, 0.3) is 0 Å². The number of halogens is 2. The van der Waals surface area contributed by atoms with Crippen molar-refractivity contribution in [2.45, 2.75) is 20.4 Å². The van der Waals surface area contributed by atoms with Crippen LogP contribution >= 0.6 is 11.6 Å². The summed E-state index contributed by atoms with van der Waals surface area (Å²) in [7, 11) is 0. The van der Waals surface area contributed by atoms with Crippen LogP contribution in [0.15, 0.2) is 18.2 Å². The van der Waals surface area contributed by atoms with E-state index in [4.69, 9.17) is 17.3 Å². The lowest BCUT2D eigenvalue weighted by Gasteiger charge is -2.07. The lowest BCUT2D eigenvalue weighted by molar-refractivity contribution is -0.116. The number of amides is 1. The van der Waals surface area contributed by atoms with E-state index in [2.05, 4.69) is 10.4 Å². The molecule has 5 nitrogen and oxygen atoms in total. The van der Waals surface area contributed by atoms with Crippen molar-refractivity contribution in [2.75, 3.05) is 11.1 Å². The topological polar surface area (TPSA) is 72.9 Å². The molecule has 1 amide bonds. The maximum absolute atomic E-state index is 13.3. The molecule has 106 valence electrons. The molecule has 2 rings (SSSR count). The zero-order valence-electron chi connectivity index (χ0n) is 11.1. The normalized spacial score (nSPS) is 10.6. The molecule has 1 aromatic carbocycles. The van der Waals surface area contributed by atoms with Gasteiger partial charge in [0.05, 0.1) is 22.1 Å². The number of aromatic nitrogens is 2. The molecular formula is C13H14ClFN4O. The Bertz CT molecular complexity index is 669. The van der Waals surface area contributed by atoms with Gasteiger partial charge in [0.25, 0.3) is 0 Å². The van der Waals surface area contributed by atoms with Gasteiger partial charge >= 0.3 is 0 Å². The number of aryl methyl sites for hydroxylation is 1. The highest BCUT2D eigenvalue weighted by Gasteiger charge is 2.12. The molecule has 0 aliphatic heterocycles. The number of benzene rings is 1. The minimum Gasteiger partial charge on any atom is -0.396 e. The Balaban J connectivity index is 2.09. The van der Waals surface area contributed by atoms with Crippen molar-refractivity contribution in [2.24, 2.45) is 0 Å². The van der Waals surface area contributed by atoms with E-state index in [1.54, 1.807) is 13.8 Å². The van der Waals surface area contributed by atoms with E-state index in [-0.39, 0.29) is 17.5 Å². The van der Waals surface area contributed by atoms with Gasteiger partial charge in [-0.3, -0.25) is 9.48 Å². The van der Waals surface area contributed by atoms with Crippen molar-refractivity contribution in [1.82, 2.24) is 9.78 Å². The minimum atomic E-state index is -0.583. The highest BCUT2D eigenvalue weighted by atomic mass is 35.5. The second-order valence-corrected chi connectivity index (χ2v) is 4.83. The molecule has 0 bridgehead atoms. The molecule has 0 radical (unpaired) electrons. The third kappa shape index (κ3) is 2.91. The fraction of sp³-hybridized carbons (Fsp3) is 0.231. The van der Waals surface area contributed by atoms with Crippen molar-refractivity contribution in [3.63, 3.8) is 0 Å². The van der Waals surface area contributed by atoms with Crippen molar-refractivity contribution >= 4 is 28.9 Å². The molecule has 2 aromatic rings. The third-order valence-electron chi connectivity index (χ3n) is 2.93. The molecule has 0 aliphatic carbocycles. The first-order valence-electron chi connectivity index (χ1n) is 5.93. The van der Waals surface area contributed by atoms with Crippen molar-refractivity contribution in [1.29, 1.82) is 0 Å². The summed E-state index contributed by atoms with van der Waals surface area (Å²) in [5, 5.41) is 6.74. The monoisotopic (exact) mass is 296 g/mol. The lowest BCUT2D eigenvalue weighted by Crippen LogP contribution is -2.20. The molecule has 0 atom stereocenters. The van der Waals surface area contributed by atoms with Gasteiger partial charge in [0, 0.05) is 5.69 Å². The van der Waals surface area contributed by atoms with Gasteiger partial charge in [0.1, 0.15) is 12.4 Å². The van der Waals surface area contributed by atoms with Gasteiger partial charge in [-0.15, -0.1) is 0 Å². The molecule has 3 N–H and O–H groups in total. The number of hydrogen-bond donors (Lipinski definition) is 2. The maximum atomic E-state index is 13.3. The van der Waals surface area contributed by atoms with Crippen LogP contribution in [0.2, 0.25) is 5.02 Å². The Kier molecular flexibility index (Phi) is 3.94. The summed E-state index contributed by atoms with van der Waals surface area (Å²) in [4.78, 5) is 11.9. The highest BCUT2D eigenvalue weighted by molar-refractivity contribution is 6.30. The van der Waals surface area contributed by atoms with Gasteiger partial charge in [0.2, 0.25) is 5.91 Å². The number of carbonyl (C=O) groups excluding carboxylic acids is 1. The summed E-state index contributed by atoms with van der Waals surface area (Å²) in [6.07, 6.45) is 0. The Morgan fingerprint density at radius 3 is 2.75 bits per heavy atom. The summed E-state index contributed by atoms with van der Waals surface area (Å²) >= 11 is 5.57. The fourth-order valence-electron chi connectivity index (χ4n) is 1.78. The van der Waals surface area contributed by atoms with Crippen LogP contribution in [0, 0.1) is 19.7 Å². The second-order valence-electron chi connectivity index (χ2n) is 4.42. The minimum absolute atomic E-state index is 0.00805. The third-order valence-corrected chi connectivity index (χ3v) is 3.24. The summed E-state index contributed by atoms with van der Waals surface area (Å²) in [5.74, 6) is -0.905. The van der Waals surface area contributed by atoms with E-state index >= 15 is 0 Å². The molecule has 20 heavy (non-hydrogen) atoms. The number of rotatable bonds is 3. The number of carbonyl (C=O) groups is 1. The lowest BCUT2D eigenvalue weighted by atomic mass is 10.3. The summed E-state index contributed by atoms with van der Waals surface area (Å²) in [5.41, 5.74) is 8.09. The van der Waals surface area contributed by atoms with Gasteiger partial charge in [-0.1, -0.05) is 11.6 Å². The smallest absolute Gasteiger partial charge is 0.246 e. The van der Waals surface area contributed by atoms with Crippen LogP contribution in [-0.2, 0) is 11.3 Å². The SMILES string of the molecule is Cc1nn(CC(=O)Nc2ccc(Cl)c(F)c2)c(C)c1N. The Morgan fingerprint density at radius 2 is 2.20 bits per heavy atom. The maximum Gasteiger partial charge on any atom is 0.246 e. The first-order valence-corrected chi connectivity index (χ1v) is 6.30. The Labute approximate surface area is 120 Å². The van der Waals surface area contributed by atoms with E-state index in [1.165, 1.54) is 16.8 Å². The molecule has 0 saturated carbocycles. The molecule has 0 spiro atoms.